The summed E-state index contributed by atoms with van der Waals surface area (Å²) in [6, 6.07) is 13.0. The summed E-state index contributed by atoms with van der Waals surface area (Å²) in [6.45, 7) is 6.84. The van der Waals surface area contributed by atoms with Crippen LogP contribution in [0.25, 0.3) is 0 Å². The third-order valence-electron chi connectivity index (χ3n) is 11.2. The van der Waals surface area contributed by atoms with Gasteiger partial charge in [0.1, 0.15) is 6.10 Å². The van der Waals surface area contributed by atoms with Gasteiger partial charge in [0.2, 0.25) is 5.91 Å². The van der Waals surface area contributed by atoms with E-state index in [0.29, 0.717) is 50.8 Å². The first-order chi connectivity index (χ1) is 20.7. The number of rotatable bonds is 11. The molecule has 43 heavy (non-hydrogen) atoms. The van der Waals surface area contributed by atoms with E-state index < -0.39 is 17.1 Å². The molecule has 2 N–H and O–H groups in total. The molecule has 3 aliphatic carbocycles. The van der Waals surface area contributed by atoms with E-state index in [2.05, 4.69) is 18.7 Å². The Kier molecular flexibility index (Phi) is 7.32. The number of amides is 1. The van der Waals surface area contributed by atoms with E-state index in [4.69, 9.17) is 4.74 Å². The maximum atomic E-state index is 14.0. The van der Waals surface area contributed by atoms with Crippen molar-refractivity contribution in [1.29, 1.82) is 0 Å². The van der Waals surface area contributed by atoms with Crippen LogP contribution in [0.1, 0.15) is 93.1 Å². The Morgan fingerprint density at radius 3 is 2.56 bits per heavy atom. The first kappa shape index (κ1) is 28.8. The highest BCUT2D eigenvalue weighted by Gasteiger charge is 2.73. The van der Waals surface area contributed by atoms with Crippen molar-refractivity contribution < 1.29 is 24.5 Å². The van der Waals surface area contributed by atoms with Crippen molar-refractivity contribution in [1.82, 2.24) is 9.80 Å². The molecular weight excluding hydrogens is 540 g/mol. The minimum atomic E-state index is -0.961. The monoisotopic (exact) mass is 586 g/mol. The molecular formula is C36H46N2O5. The first-order valence-electron chi connectivity index (χ1n) is 16.6. The number of nitrogens with zero attached hydrogens (tertiary/aromatic N) is 2. The van der Waals surface area contributed by atoms with Crippen LogP contribution in [0.5, 0.6) is 11.5 Å². The maximum absolute atomic E-state index is 14.0. The molecule has 7 heteroatoms. The predicted molar refractivity (Wildman–Crippen MR) is 164 cm³/mol. The molecule has 3 fully saturated rings. The number of unbranched alkanes of at least 4 members (excludes halogenated alkanes) is 1. The number of phenols is 1. The number of aromatic hydroxyl groups is 1. The average Bonchev–Trinajstić information content (AvgIpc) is 3.74. The smallest absolute Gasteiger partial charge is 0.222 e. The first-order valence-corrected chi connectivity index (χ1v) is 16.6. The highest BCUT2D eigenvalue weighted by Crippen LogP contribution is 2.66. The molecule has 7 rings (SSSR count). The second-order valence-corrected chi connectivity index (χ2v) is 14.3. The highest BCUT2D eigenvalue weighted by atomic mass is 16.5. The molecule has 0 aromatic heterocycles. The van der Waals surface area contributed by atoms with Crippen molar-refractivity contribution in [2.24, 2.45) is 11.8 Å². The van der Waals surface area contributed by atoms with Crippen molar-refractivity contribution in [3.63, 3.8) is 0 Å². The van der Waals surface area contributed by atoms with Gasteiger partial charge < -0.3 is 19.8 Å². The molecule has 2 bridgehead atoms. The zero-order valence-electron chi connectivity index (χ0n) is 25.6. The summed E-state index contributed by atoms with van der Waals surface area (Å²) in [7, 11) is 0. The number of benzene rings is 2. The molecule has 5 atom stereocenters. The number of aliphatic hydroxyl groups is 1. The number of phenolic OH excluding ortho intramolecular Hbond substituents is 1. The summed E-state index contributed by atoms with van der Waals surface area (Å²) in [5.41, 5.74) is 1.30. The molecule has 0 radical (unpaired) electrons. The fourth-order valence-corrected chi connectivity index (χ4v) is 9.06. The van der Waals surface area contributed by atoms with Gasteiger partial charge in [0, 0.05) is 43.1 Å². The van der Waals surface area contributed by atoms with Crippen LogP contribution in [0, 0.1) is 11.8 Å². The van der Waals surface area contributed by atoms with Crippen LogP contribution in [-0.4, -0.2) is 75.1 Å². The topological polar surface area (TPSA) is 90.3 Å². The summed E-state index contributed by atoms with van der Waals surface area (Å²) in [5, 5.41) is 23.8. The van der Waals surface area contributed by atoms with Crippen molar-refractivity contribution in [3.05, 3.63) is 59.2 Å². The number of ketones is 1. The van der Waals surface area contributed by atoms with Crippen LogP contribution in [0.3, 0.4) is 0 Å². The lowest BCUT2D eigenvalue weighted by molar-refractivity contribution is -0.202. The zero-order valence-corrected chi connectivity index (χ0v) is 25.6. The Morgan fingerprint density at radius 2 is 1.81 bits per heavy atom. The van der Waals surface area contributed by atoms with Crippen molar-refractivity contribution >= 4 is 11.7 Å². The summed E-state index contributed by atoms with van der Waals surface area (Å²) in [6.07, 6.45) is 7.13. The van der Waals surface area contributed by atoms with Gasteiger partial charge in [-0.3, -0.25) is 14.5 Å². The Morgan fingerprint density at radius 1 is 1.05 bits per heavy atom. The van der Waals surface area contributed by atoms with Gasteiger partial charge in [-0.2, -0.15) is 0 Å². The molecule has 2 aromatic rings. The lowest BCUT2D eigenvalue weighted by Crippen LogP contribution is -2.78. The van der Waals surface area contributed by atoms with Crippen LogP contribution in [0.15, 0.2) is 42.5 Å². The minimum Gasteiger partial charge on any atom is -0.504 e. The van der Waals surface area contributed by atoms with E-state index in [1.165, 1.54) is 18.4 Å². The van der Waals surface area contributed by atoms with Crippen LogP contribution < -0.4 is 4.74 Å². The van der Waals surface area contributed by atoms with Crippen molar-refractivity contribution in [2.45, 2.75) is 107 Å². The zero-order chi connectivity index (χ0) is 29.9. The molecule has 7 nitrogen and oxygen atoms in total. The third kappa shape index (κ3) is 4.69. The second-order valence-electron chi connectivity index (χ2n) is 14.3. The fourth-order valence-electron chi connectivity index (χ4n) is 9.06. The molecule has 5 aliphatic rings. The lowest BCUT2D eigenvalue weighted by atomic mass is 9.48. The van der Waals surface area contributed by atoms with Crippen molar-refractivity contribution in [3.8, 4) is 11.5 Å². The summed E-state index contributed by atoms with van der Waals surface area (Å²) < 4.78 is 6.77. The number of ether oxygens (including phenoxy) is 1. The van der Waals surface area contributed by atoms with E-state index in [1.54, 1.807) is 6.07 Å². The quantitative estimate of drug-likeness (QED) is 0.276. The number of piperidine rings is 1. The summed E-state index contributed by atoms with van der Waals surface area (Å²) in [4.78, 5) is 31.2. The molecule has 230 valence electrons. The van der Waals surface area contributed by atoms with Gasteiger partial charge in [0.05, 0.1) is 17.1 Å². The highest BCUT2D eigenvalue weighted by molar-refractivity contribution is 5.96. The van der Waals surface area contributed by atoms with Crippen LogP contribution >= 0.6 is 0 Å². The largest absolute Gasteiger partial charge is 0.504 e. The van der Waals surface area contributed by atoms with Crippen LogP contribution in [0.4, 0.5) is 0 Å². The van der Waals surface area contributed by atoms with Gasteiger partial charge in [0.15, 0.2) is 17.3 Å². The standard InChI is InChI=1S/C36H46N2O5/c1-23(2)21-38(31(41)11-7-6-10-28(39)25-8-4-3-5-9-25)27-16-17-36(42)30-20-26-14-15-29(40)33-32(26)35(36,34(27)43-33)18-19-37(30)22-24-12-13-24/h3-5,8-9,14-15,23-24,27,30,34,40,42H,6-7,10-13,16-22H2,1-2H3/t27-,30-,34+,35+,36-/m1/s1. The average molecular weight is 587 g/mol. The van der Waals surface area contributed by atoms with Gasteiger partial charge in [-0.15, -0.1) is 0 Å². The van der Waals surface area contributed by atoms with Gasteiger partial charge in [-0.1, -0.05) is 50.2 Å². The van der Waals surface area contributed by atoms with E-state index in [-0.39, 0.29) is 35.4 Å². The number of carbonyl (C=O) groups excluding carboxylic acids is 2. The Bertz CT molecular complexity index is 1390. The second kappa shape index (κ2) is 10.9. The molecule has 1 saturated heterocycles. The molecule has 2 saturated carbocycles. The summed E-state index contributed by atoms with van der Waals surface area (Å²) >= 11 is 0. The molecule has 1 spiro atoms. The molecule has 0 unspecified atom stereocenters. The predicted octanol–water partition coefficient (Wildman–Crippen LogP) is 5.25. The Balaban J connectivity index is 1.14. The number of Topliss-reactive ketones (excluding diaryl/α,β-unsaturated/α-hetero) is 1. The van der Waals surface area contributed by atoms with E-state index in [1.807, 2.05) is 41.3 Å². The normalized spacial score (nSPS) is 30.6. The number of hydrogen-bond donors (Lipinski definition) is 2. The third-order valence-corrected chi connectivity index (χ3v) is 11.2. The van der Waals surface area contributed by atoms with Gasteiger partial charge >= 0.3 is 0 Å². The van der Waals surface area contributed by atoms with E-state index in [9.17, 15) is 19.8 Å². The number of hydrogen-bond acceptors (Lipinski definition) is 6. The van der Waals surface area contributed by atoms with Gasteiger partial charge in [-0.25, -0.2) is 0 Å². The van der Waals surface area contributed by atoms with E-state index >= 15 is 0 Å². The Labute approximate surface area is 255 Å². The Hall–Kier alpha value is -2.90. The molecule has 2 heterocycles. The summed E-state index contributed by atoms with van der Waals surface area (Å²) in [5.74, 6) is 1.88. The van der Waals surface area contributed by atoms with Crippen LogP contribution in [0.2, 0.25) is 0 Å². The van der Waals surface area contributed by atoms with Crippen molar-refractivity contribution in [2.75, 3.05) is 19.6 Å². The van der Waals surface area contributed by atoms with E-state index in [0.717, 1.165) is 43.0 Å². The maximum Gasteiger partial charge on any atom is 0.222 e. The minimum absolute atomic E-state index is 0.0216. The number of likely N-dealkylation sites (tertiary alicyclic amines) is 1. The number of carbonyl (C=O) groups is 2. The molecule has 2 aliphatic heterocycles. The van der Waals surface area contributed by atoms with Gasteiger partial charge in [0.25, 0.3) is 0 Å². The SMILES string of the molecule is CC(C)CN(C(=O)CCCCC(=O)c1ccccc1)[C@@H]1CC[C@@]2(O)[C@H]3Cc4ccc(O)c5c4[C@@]2(CCN3CC2CC2)[C@H]1O5. The van der Waals surface area contributed by atoms with Gasteiger partial charge in [-0.05, 0) is 81.4 Å². The molecule has 2 aromatic carbocycles. The van der Waals surface area contributed by atoms with Crippen LogP contribution in [-0.2, 0) is 16.6 Å². The lowest BCUT2D eigenvalue weighted by Gasteiger charge is -2.65. The fraction of sp³-hybridized carbons (Fsp3) is 0.611. The molecule has 1 amide bonds.